The van der Waals surface area contributed by atoms with Crippen molar-refractivity contribution in [2.75, 3.05) is 0 Å². The van der Waals surface area contributed by atoms with E-state index in [9.17, 15) is 4.39 Å². The van der Waals surface area contributed by atoms with E-state index in [0.717, 1.165) is 30.4 Å². The lowest BCUT2D eigenvalue weighted by molar-refractivity contribution is 0.560. The Bertz CT molecular complexity index is 301. The first-order valence-corrected chi connectivity index (χ1v) is 4.31. The number of hydrogen-bond donors (Lipinski definition) is 1. The Labute approximate surface area is 83.5 Å². The molecule has 2 rings (SSSR count). The average Bonchev–Trinajstić information content (AvgIpc) is 2.04. The summed E-state index contributed by atoms with van der Waals surface area (Å²) in [6.07, 6.45) is 3.08. The van der Waals surface area contributed by atoms with Crippen LogP contribution in [-0.2, 0) is 6.42 Å². The van der Waals surface area contributed by atoms with Crippen molar-refractivity contribution in [1.82, 2.24) is 0 Å². The number of hydrogen-bond acceptors (Lipinski definition) is 1. The topological polar surface area (TPSA) is 26.0 Å². The minimum atomic E-state index is -0.150. The Kier molecular flexibility index (Phi) is 3.28. The Balaban J connectivity index is 0.000000845. The molecule has 13 heavy (non-hydrogen) atoms. The van der Waals surface area contributed by atoms with Crippen LogP contribution in [0.1, 0.15) is 30.0 Å². The van der Waals surface area contributed by atoms with Crippen LogP contribution in [-0.4, -0.2) is 0 Å². The van der Waals surface area contributed by atoms with Crippen LogP contribution in [0.25, 0.3) is 0 Å². The zero-order valence-corrected chi connectivity index (χ0v) is 8.11. The molecule has 1 aromatic carbocycles. The number of aryl methyl sites for hydroxylation is 1. The van der Waals surface area contributed by atoms with Gasteiger partial charge >= 0.3 is 0 Å². The average molecular weight is 202 g/mol. The summed E-state index contributed by atoms with van der Waals surface area (Å²) in [6.45, 7) is 0. The Morgan fingerprint density at radius 3 is 2.92 bits per heavy atom. The molecule has 0 fully saturated rings. The van der Waals surface area contributed by atoms with Gasteiger partial charge in [0.15, 0.2) is 0 Å². The van der Waals surface area contributed by atoms with Gasteiger partial charge in [0, 0.05) is 6.04 Å². The maximum atomic E-state index is 12.8. The molecule has 0 saturated heterocycles. The zero-order chi connectivity index (χ0) is 8.55. The minimum Gasteiger partial charge on any atom is -0.324 e. The summed E-state index contributed by atoms with van der Waals surface area (Å²) in [7, 11) is 0. The second-order valence-corrected chi connectivity index (χ2v) is 3.34. The fourth-order valence-electron chi connectivity index (χ4n) is 1.82. The maximum absolute atomic E-state index is 12.8. The third-order valence-corrected chi connectivity index (χ3v) is 2.47. The molecule has 3 heteroatoms. The third kappa shape index (κ3) is 2.01. The molecule has 0 aromatic heterocycles. The predicted molar refractivity (Wildman–Crippen MR) is 53.5 cm³/mol. The van der Waals surface area contributed by atoms with Gasteiger partial charge in [-0.1, -0.05) is 6.07 Å². The van der Waals surface area contributed by atoms with Crippen molar-refractivity contribution in [2.24, 2.45) is 5.73 Å². The van der Waals surface area contributed by atoms with Crippen molar-refractivity contribution in [1.29, 1.82) is 0 Å². The Morgan fingerprint density at radius 1 is 1.38 bits per heavy atom. The first kappa shape index (κ1) is 10.5. The molecule has 0 aliphatic heterocycles. The van der Waals surface area contributed by atoms with Crippen LogP contribution in [0.5, 0.6) is 0 Å². The first-order chi connectivity index (χ1) is 5.77. The highest BCUT2D eigenvalue weighted by molar-refractivity contribution is 5.85. The normalized spacial score (nSPS) is 20.3. The van der Waals surface area contributed by atoms with Crippen molar-refractivity contribution < 1.29 is 4.39 Å². The van der Waals surface area contributed by atoms with Gasteiger partial charge in [-0.25, -0.2) is 4.39 Å². The molecule has 1 atom stereocenters. The van der Waals surface area contributed by atoms with Crippen LogP contribution >= 0.6 is 12.4 Å². The quantitative estimate of drug-likeness (QED) is 0.686. The molecule has 1 aromatic rings. The second kappa shape index (κ2) is 4.07. The number of nitrogens with two attached hydrogens (primary N) is 1. The van der Waals surface area contributed by atoms with Crippen molar-refractivity contribution in [3.63, 3.8) is 0 Å². The van der Waals surface area contributed by atoms with Gasteiger partial charge in [0.05, 0.1) is 0 Å². The van der Waals surface area contributed by atoms with Gasteiger partial charge in [-0.2, -0.15) is 0 Å². The van der Waals surface area contributed by atoms with Crippen LogP contribution in [0.4, 0.5) is 4.39 Å². The van der Waals surface area contributed by atoms with Crippen LogP contribution in [0.3, 0.4) is 0 Å². The fraction of sp³-hybridized carbons (Fsp3) is 0.400. The third-order valence-electron chi connectivity index (χ3n) is 2.47. The molecular weight excluding hydrogens is 189 g/mol. The largest absolute Gasteiger partial charge is 0.324 e. The van der Waals surface area contributed by atoms with Gasteiger partial charge < -0.3 is 5.73 Å². The van der Waals surface area contributed by atoms with E-state index < -0.39 is 0 Å². The summed E-state index contributed by atoms with van der Waals surface area (Å²) in [5, 5.41) is 0. The minimum absolute atomic E-state index is 0. The standard InChI is InChI=1S/C10H12FN.ClH/c11-8-4-5-9-7(6-8)2-1-3-10(9)12;/h4-6,10H,1-3,12H2;1H/t10-;/m1./s1. The van der Waals surface area contributed by atoms with Crippen LogP contribution in [0, 0.1) is 5.82 Å². The summed E-state index contributed by atoms with van der Waals surface area (Å²) in [6, 6.07) is 5.03. The highest BCUT2D eigenvalue weighted by atomic mass is 35.5. The molecular formula is C10H13ClFN. The van der Waals surface area contributed by atoms with E-state index in [4.69, 9.17) is 5.73 Å². The molecule has 0 saturated carbocycles. The molecule has 0 heterocycles. The monoisotopic (exact) mass is 201 g/mol. The number of fused-ring (bicyclic) bond motifs is 1. The predicted octanol–water partition coefficient (Wildman–Crippen LogP) is 2.58. The number of benzene rings is 1. The molecule has 2 N–H and O–H groups in total. The first-order valence-electron chi connectivity index (χ1n) is 4.31. The Hall–Kier alpha value is -0.600. The lowest BCUT2D eigenvalue weighted by atomic mass is 9.88. The van der Waals surface area contributed by atoms with E-state index >= 15 is 0 Å². The van der Waals surface area contributed by atoms with Gasteiger partial charge in [0.1, 0.15) is 5.82 Å². The highest BCUT2D eigenvalue weighted by Gasteiger charge is 2.16. The lowest BCUT2D eigenvalue weighted by Gasteiger charge is -2.21. The molecule has 0 bridgehead atoms. The SMILES string of the molecule is Cl.N[C@@H]1CCCc2cc(F)ccc21. The van der Waals surface area contributed by atoms with Crippen LogP contribution in [0.15, 0.2) is 18.2 Å². The summed E-state index contributed by atoms with van der Waals surface area (Å²) in [5.41, 5.74) is 8.09. The summed E-state index contributed by atoms with van der Waals surface area (Å²) in [4.78, 5) is 0. The van der Waals surface area contributed by atoms with Gasteiger partial charge in [-0.3, -0.25) is 0 Å². The van der Waals surface area contributed by atoms with E-state index in [1.165, 1.54) is 6.07 Å². The van der Waals surface area contributed by atoms with E-state index in [1.807, 2.05) is 6.07 Å². The summed E-state index contributed by atoms with van der Waals surface area (Å²) >= 11 is 0. The maximum Gasteiger partial charge on any atom is 0.123 e. The molecule has 1 aliphatic carbocycles. The number of rotatable bonds is 0. The highest BCUT2D eigenvalue weighted by Crippen LogP contribution is 2.27. The molecule has 0 radical (unpaired) electrons. The van der Waals surface area contributed by atoms with Crippen molar-refractivity contribution in [2.45, 2.75) is 25.3 Å². The van der Waals surface area contributed by atoms with Gasteiger partial charge in [0.2, 0.25) is 0 Å². The fourth-order valence-corrected chi connectivity index (χ4v) is 1.82. The lowest BCUT2D eigenvalue weighted by Crippen LogP contribution is -2.17. The van der Waals surface area contributed by atoms with Gasteiger partial charge in [-0.15, -0.1) is 12.4 Å². The smallest absolute Gasteiger partial charge is 0.123 e. The zero-order valence-electron chi connectivity index (χ0n) is 7.29. The summed E-state index contributed by atoms with van der Waals surface area (Å²) in [5.74, 6) is -0.150. The molecule has 1 nitrogen and oxygen atoms in total. The van der Waals surface area contributed by atoms with Gasteiger partial charge in [0.25, 0.3) is 0 Å². The molecule has 0 spiro atoms. The number of halogens is 2. The molecule has 1 aliphatic rings. The van der Waals surface area contributed by atoms with E-state index in [-0.39, 0.29) is 24.3 Å². The van der Waals surface area contributed by atoms with Crippen LogP contribution in [0.2, 0.25) is 0 Å². The molecule has 72 valence electrons. The van der Waals surface area contributed by atoms with E-state index in [2.05, 4.69) is 0 Å². The van der Waals surface area contributed by atoms with Crippen molar-refractivity contribution >= 4 is 12.4 Å². The van der Waals surface area contributed by atoms with E-state index in [1.54, 1.807) is 6.07 Å². The van der Waals surface area contributed by atoms with Gasteiger partial charge in [-0.05, 0) is 42.5 Å². The second-order valence-electron chi connectivity index (χ2n) is 3.34. The van der Waals surface area contributed by atoms with E-state index in [0.29, 0.717) is 0 Å². The van der Waals surface area contributed by atoms with Crippen molar-refractivity contribution in [3.05, 3.63) is 35.1 Å². The summed E-state index contributed by atoms with van der Waals surface area (Å²) < 4.78 is 12.8. The van der Waals surface area contributed by atoms with Crippen LogP contribution < -0.4 is 5.73 Å². The van der Waals surface area contributed by atoms with Crippen molar-refractivity contribution in [3.8, 4) is 0 Å². The Morgan fingerprint density at radius 2 is 2.15 bits per heavy atom. The molecule has 0 amide bonds. The molecule has 0 unspecified atom stereocenters.